The molecule has 0 bridgehead atoms. The van der Waals surface area contributed by atoms with E-state index >= 15 is 0 Å². The zero-order chi connectivity index (χ0) is 17.5. The molecule has 1 unspecified atom stereocenters. The second-order valence-electron chi connectivity index (χ2n) is 6.47. The summed E-state index contributed by atoms with van der Waals surface area (Å²) in [6, 6.07) is 10.5. The normalized spacial score (nSPS) is 15.9. The van der Waals surface area contributed by atoms with Crippen LogP contribution in [0.4, 0.5) is 0 Å². The van der Waals surface area contributed by atoms with Gasteiger partial charge in [0.05, 0.1) is 13.2 Å². The number of nitrogens with one attached hydrogen (secondary N) is 1. The number of likely N-dealkylation sites (tertiary alicyclic amines) is 1. The Bertz CT molecular complexity index is 666. The van der Waals surface area contributed by atoms with Crippen molar-refractivity contribution in [1.82, 2.24) is 10.2 Å². The number of thiophene rings is 1. The Hall–Kier alpha value is -1.85. The molecule has 25 heavy (non-hydrogen) atoms. The van der Waals surface area contributed by atoms with Crippen LogP contribution >= 0.6 is 11.3 Å². The first-order chi connectivity index (χ1) is 12.3. The van der Waals surface area contributed by atoms with Crippen LogP contribution in [-0.2, 0) is 11.2 Å². The molecule has 1 aliphatic heterocycles. The van der Waals surface area contributed by atoms with E-state index in [-0.39, 0.29) is 11.9 Å². The summed E-state index contributed by atoms with van der Waals surface area (Å²) in [5, 5.41) is 7.30. The fourth-order valence-electron chi connectivity index (χ4n) is 3.35. The second-order valence-corrected chi connectivity index (χ2v) is 7.25. The molecule has 1 aromatic heterocycles. The van der Waals surface area contributed by atoms with Crippen LogP contribution in [0.2, 0.25) is 0 Å². The summed E-state index contributed by atoms with van der Waals surface area (Å²) in [5.41, 5.74) is 2.45. The lowest BCUT2D eigenvalue weighted by Gasteiger charge is -2.28. The topological polar surface area (TPSA) is 41.6 Å². The van der Waals surface area contributed by atoms with E-state index in [1.807, 2.05) is 12.1 Å². The van der Waals surface area contributed by atoms with Gasteiger partial charge in [-0.2, -0.15) is 11.3 Å². The smallest absolute Gasteiger partial charge is 0.220 e. The van der Waals surface area contributed by atoms with Gasteiger partial charge in [-0.25, -0.2) is 0 Å². The maximum atomic E-state index is 12.3. The molecule has 134 valence electrons. The van der Waals surface area contributed by atoms with E-state index in [9.17, 15) is 4.79 Å². The van der Waals surface area contributed by atoms with Crippen LogP contribution in [0.3, 0.4) is 0 Å². The summed E-state index contributed by atoms with van der Waals surface area (Å²) < 4.78 is 5.37. The molecule has 0 radical (unpaired) electrons. The molecule has 4 nitrogen and oxygen atoms in total. The predicted octanol–water partition coefficient (Wildman–Crippen LogP) is 3.64. The molecular formula is C20H26N2O2S. The third-order valence-corrected chi connectivity index (χ3v) is 5.51. The van der Waals surface area contributed by atoms with Gasteiger partial charge in [0.25, 0.3) is 0 Å². The Morgan fingerprint density at radius 2 is 2.16 bits per heavy atom. The van der Waals surface area contributed by atoms with Gasteiger partial charge in [0.15, 0.2) is 0 Å². The van der Waals surface area contributed by atoms with E-state index in [1.165, 1.54) is 24.0 Å². The largest absolute Gasteiger partial charge is 0.497 e. The van der Waals surface area contributed by atoms with Gasteiger partial charge in [-0.05, 0) is 72.4 Å². The standard InChI is InChI=1S/C20H26N2O2S/c1-24-18-6-4-5-17(13-18)19(22-10-2-3-11-22)14-21-20(23)8-7-16-9-12-25-15-16/h4-6,9,12-13,15,19H,2-3,7-8,10-11,14H2,1H3,(H,21,23). The van der Waals surface area contributed by atoms with Crippen molar-refractivity contribution < 1.29 is 9.53 Å². The second kappa shape index (κ2) is 9.02. The summed E-state index contributed by atoms with van der Waals surface area (Å²) in [6.45, 7) is 2.83. The SMILES string of the molecule is COc1cccc(C(CNC(=O)CCc2ccsc2)N2CCCC2)c1. The number of rotatable bonds is 8. The number of amides is 1. The summed E-state index contributed by atoms with van der Waals surface area (Å²) in [5.74, 6) is 0.990. The van der Waals surface area contributed by atoms with Crippen molar-refractivity contribution in [2.75, 3.05) is 26.7 Å². The lowest BCUT2D eigenvalue weighted by Crippen LogP contribution is -2.36. The molecule has 1 N–H and O–H groups in total. The van der Waals surface area contributed by atoms with Crippen molar-refractivity contribution in [2.24, 2.45) is 0 Å². The minimum atomic E-state index is 0.123. The summed E-state index contributed by atoms with van der Waals surface area (Å²) in [6.07, 6.45) is 3.81. The first-order valence-corrected chi connectivity index (χ1v) is 9.86. The van der Waals surface area contributed by atoms with Gasteiger partial charge >= 0.3 is 0 Å². The van der Waals surface area contributed by atoms with Gasteiger partial charge in [-0.1, -0.05) is 12.1 Å². The lowest BCUT2D eigenvalue weighted by atomic mass is 10.0. The van der Waals surface area contributed by atoms with Crippen LogP contribution in [0, 0.1) is 0 Å². The van der Waals surface area contributed by atoms with E-state index in [1.54, 1.807) is 18.4 Å². The molecule has 1 atom stereocenters. The number of nitrogens with zero attached hydrogens (tertiary/aromatic N) is 1. The van der Waals surface area contributed by atoms with Crippen LogP contribution < -0.4 is 10.1 Å². The van der Waals surface area contributed by atoms with Crippen LogP contribution in [0.5, 0.6) is 5.75 Å². The molecular weight excluding hydrogens is 332 g/mol. The number of carbonyl (C=O) groups is 1. The van der Waals surface area contributed by atoms with E-state index in [0.717, 1.165) is 25.3 Å². The average molecular weight is 359 g/mol. The highest BCUT2D eigenvalue weighted by Gasteiger charge is 2.24. The fourth-order valence-corrected chi connectivity index (χ4v) is 4.05. The molecule has 1 amide bonds. The third kappa shape index (κ3) is 5.06. The molecule has 5 heteroatoms. The highest BCUT2D eigenvalue weighted by molar-refractivity contribution is 7.07. The number of hydrogen-bond donors (Lipinski definition) is 1. The van der Waals surface area contributed by atoms with Gasteiger partial charge in [-0.3, -0.25) is 9.69 Å². The van der Waals surface area contributed by atoms with E-state index in [2.05, 4.69) is 39.2 Å². The number of carbonyl (C=O) groups excluding carboxylic acids is 1. The Balaban J connectivity index is 1.60. The number of ether oxygens (including phenoxy) is 1. The summed E-state index contributed by atoms with van der Waals surface area (Å²) >= 11 is 1.68. The van der Waals surface area contributed by atoms with Gasteiger partial charge in [-0.15, -0.1) is 0 Å². The third-order valence-electron chi connectivity index (χ3n) is 4.77. The van der Waals surface area contributed by atoms with Gasteiger partial charge in [0.1, 0.15) is 5.75 Å². The molecule has 0 spiro atoms. The Morgan fingerprint density at radius 3 is 2.88 bits per heavy atom. The maximum absolute atomic E-state index is 12.3. The molecule has 2 aromatic rings. The molecule has 2 heterocycles. The van der Waals surface area contributed by atoms with Crippen LogP contribution in [-0.4, -0.2) is 37.6 Å². The van der Waals surface area contributed by atoms with Crippen molar-refractivity contribution in [3.8, 4) is 5.75 Å². The molecule has 1 aliphatic rings. The molecule has 0 saturated carbocycles. The van der Waals surface area contributed by atoms with Gasteiger partial charge in [0.2, 0.25) is 5.91 Å². The molecule has 1 saturated heterocycles. The fraction of sp³-hybridized carbons (Fsp3) is 0.450. The maximum Gasteiger partial charge on any atom is 0.220 e. The Kier molecular flexibility index (Phi) is 6.48. The zero-order valence-corrected chi connectivity index (χ0v) is 15.6. The first kappa shape index (κ1) is 18.0. The predicted molar refractivity (Wildman–Crippen MR) is 102 cm³/mol. The van der Waals surface area contributed by atoms with E-state index in [4.69, 9.17) is 4.74 Å². The summed E-state index contributed by atoms with van der Waals surface area (Å²) in [7, 11) is 1.69. The van der Waals surface area contributed by atoms with Crippen molar-refractivity contribution in [1.29, 1.82) is 0 Å². The van der Waals surface area contributed by atoms with Crippen LogP contribution in [0.25, 0.3) is 0 Å². The first-order valence-electron chi connectivity index (χ1n) is 8.92. The molecule has 0 aliphatic carbocycles. The monoisotopic (exact) mass is 358 g/mol. The quantitative estimate of drug-likeness (QED) is 0.783. The van der Waals surface area contributed by atoms with Gasteiger partial charge in [0, 0.05) is 13.0 Å². The van der Waals surface area contributed by atoms with Gasteiger partial charge < -0.3 is 10.1 Å². The van der Waals surface area contributed by atoms with Crippen LogP contribution in [0.15, 0.2) is 41.1 Å². The molecule has 1 aromatic carbocycles. The zero-order valence-electron chi connectivity index (χ0n) is 14.7. The highest BCUT2D eigenvalue weighted by atomic mass is 32.1. The van der Waals surface area contributed by atoms with Crippen molar-refractivity contribution in [3.05, 3.63) is 52.2 Å². The van der Waals surface area contributed by atoms with Crippen LogP contribution in [0.1, 0.15) is 36.4 Å². The Labute approximate surface area is 153 Å². The minimum Gasteiger partial charge on any atom is -0.497 e. The number of aryl methyl sites for hydroxylation is 1. The highest BCUT2D eigenvalue weighted by Crippen LogP contribution is 2.27. The minimum absolute atomic E-state index is 0.123. The van der Waals surface area contributed by atoms with Crippen molar-refractivity contribution >= 4 is 17.2 Å². The van der Waals surface area contributed by atoms with E-state index < -0.39 is 0 Å². The number of benzene rings is 1. The van der Waals surface area contributed by atoms with Crippen molar-refractivity contribution in [2.45, 2.75) is 31.7 Å². The van der Waals surface area contributed by atoms with E-state index in [0.29, 0.717) is 13.0 Å². The Morgan fingerprint density at radius 1 is 1.32 bits per heavy atom. The summed E-state index contributed by atoms with van der Waals surface area (Å²) in [4.78, 5) is 14.7. The number of methoxy groups -OCH3 is 1. The molecule has 3 rings (SSSR count). The average Bonchev–Trinajstić information content (AvgIpc) is 3.34. The van der Waals surface area contributed by atoms with Crippen molar-refractivity contribution in [3.63, 3.8) is 0 Å². The lowest BCUT2D eigenvalue weighted by molar-refractivity contribution is -0.121. The number of hydrogen-bond acceptors (Lipinski definition) is 4. The molecule has 1 fully saturated rings.